The molecular formula is C14H13N5OS. The van der Waals surface area contributed by atoms with Gasteiger partial charge in [0.25, 0.3) is 0 Å². The fourth-order valence-corrected chi connectivity index (χ4v) is 3.31. The van der Waals surface area contributed by atoms with E-state index in [0.29, 0.717) is 18.1 Å². The van der Waals surface area contributed by atoms with E-state index in [1.165, 1.54) is 5.70 Å². The summed E-state index contributed by atoms with van der Waals surface area (Å²) in [6, 6.07) is 5.64. The summed E-state index contributed by atoms with van der Waals surface area (Å²) in [6.07, 6.45) is 3.44. The topological polar surface area (TPSA) is 67.4 Å². The third-order valence-electron chi connectivity index (χ3n) is 3.36. The molecule has 4 heterocycles. The second kappa shape index (κ2) is 5.33. The first-order valence-corrected chi connectivity index (χ1v) is 7.70. The van der Waals surface area contributed by atoms with E-state index in [4.69, 9.17) is 4.52 Å². The van der Waals surface area contributed by atoms with Crippen molar-refractivity contribution in [2.75, 3.05) is 13.1 Å². The number of rotatable bonds is 3. The molecular weight excluding hydrogens is 286 g/mol. The van der Waals surface area contributed by atoms with Gasteiger partial charge in [0.1, 0.15) is 5.69 Å². The zero-order valence-electron chi connectivity index (χ0n) is 11.3. The standard InChI is InChI=1S/C14H13N5OS/c1-2-5-15-11(4-1)13-17-12(20-18-13)8-10-9-21-14-16-6-3-7-19(10)14/h1-2,4-5,9H,3,6-8H2. The highest BCUT2D eigenvalue weighted by molar-refractivity contribution is 8.16. The molecule has 2 aliphatic heterocycles. The molecule has 2 aromatic heterocycles. The first kappa shape index (κ1) is 12.6. The van der Waals surface area contributed by atoms with E-state index in [2.05, 4.69) is 30.4 Å². The number of fused-ring (bicyclic) bond motifs is 1. The smallest absolute Gasteiger partial charge is 0.232 e. The number of aromatic nitrogens is 3. The second-order valence-electron chi connectivity index (χ2n) is 4.80. The molecule has 7 heteroatoms. The minimum Gasteiger partial charge on any atom is -0.338 e. The molecule has 2 aliphatic rings. The summed E-state index contributed by atoms with van der Waals surface area (Å²) in [7, 11) is 0. The van der Waals surface area contributed by atoms with Crippen molar-refractivity contribution in [1.82, 2.24) is 20.0 Å². The quantitative estimate of drug-likeness (QED) is 0.866. The predicted molar refractivity (Wildman–Crippen MR) is 80.5 cm³/mol. The van der Waals surface area contributed by atoms with Crippen molar-refractivity contribution in [1.29, 1.82) is 0 Å². The largest absolute Gasteiger partial charge is 0.338 e. The van der Waals surface area contributed by atoms with Crippen LogP contribution in [0.15, 0.2) is 45.0 Å². The van der Waals surface area contributed by atoms with Crippen LogP contribution in [-0.4, -0.2) is 38.3 Å². The van der Waals surface area contributed by atoms with E-state index >= 15 is 0 Å². The van der Waals surface area contributed by atoms with Crippen LogP contribution in [0.1, 0.15) is 12.3 Å². The lowest BCUT2D eigenvalue weighted by Gasteiger charge is -2.24. The van der Waals surface area contributed by atoms with Crippen molar-refractivity contribution < 1.29 is 4.52 Å². The normalized spacial score (nSPS) is 17.4. The number of thioether (sulfide) groups is 1. The average Bonchev–Trinajstić information content (AvgIpc) is 3.17. The molecule has 0 aliphatic carbocycles. The first-order valence-electron chi connectivity index (χ1n) is 6.82. The van der Waals surface area contributed by atoms with Gasteiger partial charge in [0, 0.05) is 25.0 Å². The number of allylic oxidation sites excluding steroid dienone is 1. The Balaban J connectivity index is 1.52. The molecule has 2 aromatic rings. The zero-order valence-corrected chi connectivity index (χ0v) is 12.1. The lowest BCUT2D eigenvalue weighted by molar-refractivity contribution is 0.373. The van der Waals surface area contributed by atoms with Crippen LogP contribution >= 0.6 is 11.8 Å². The Bertz CT molecular complexity index is 709. The van der Waals surface area contributed by atoms with Crippen molar-refractivity contribution in [3.63, 3.8) is 0 Å². The van der Waals surface area contributed by atoms with Gasteiger partial charge in [0.2, 0.25) is 11.7 Å². The van der Waals surface area contributed by atoms with Gasteiger partial charge in [-0.05, 0) is 24.0 Å². The van der Waals surface area contributed by atoms with Crippen LogP contribution in [0, 0.1) is 0 Å². The molecule has 21 heavy (non-hydrogen) atoms. The first-order chi connectivity index (χ1) is 10.4. The summed E-state index contributed by atoms with van der Waals surface area (Å²) in [5.41, 5.74) is 1.90. The van der Waals surface area contributed by atoms with Gasteiger partial charge in [-0.15, -0.1) is 0 Å². The molecule has 106 valence electrons. The van der Waals surface area contributed by atoms with E-state index in [-0.39, 0.29) is 0 Å². The Hall–Kier alpha value is -2.15. The Morgan fingerprint density at radius 2 is 2.33 bits per heavy atom. The summed E-state index contributed by atoms with van der Waals surface area (Å²) in [5, 5.41) is 7.20. The van der Waals surface area contributed by atoms with Crippen LogP contribution in [0.2, 0.25) is 0 Å². The molecule has 0 atom stereocenters. The summed E-state index contributed by atoms with van der Waals surface area (Å²) in [6.45, 7) is 1.93. The number of nitrogens with zero attached hydrogens (tertiary/aromatic N) is 5. The van der Waals surface area contributed by atoms with Crippen molar-refractivity contribution in [2.24, 2.45) is 4.99 Å². The second-order valence-corrected chi connectivity index (χ2v) is 5.64. The maximum absolute atomic E-state index is 5.34. The van der Waals surface area contributed by atoms with Crippen molar-refractivity contribution in [3.8, 4) is 11.5 Å². The third-order valence-corrected chi connectivity index (χ3v) is 4.31. The molecule has 0 saturated carbocycles. The number of pyridine rings is 1. The summed E-state index contributed by atoms with van der Waals surface area (Å²) < 4.78 is 5.34. The molecule has 0 amide bonds. The molecule has 0 aromatic carbocycles. The maximum Gasteiger partial charge on any atom is 0.232 e. The highest BCUT2D eigenvalue weighted by atomic mass is 32.2. The number of amidine groups is 1. The highest BCUT2D eigenvalue weighted by Crippen LogP contribution is 2.30. The van der Waals surface area contributed by atoms with E-state index in [0.717, 1.165) is 30.4 Å². The summed E-state index contributed by atoms with van der Waals surface area (Å²) in [4.78, 5) is 15.4. The Labute approximate surface area is 126 Å². The van der Waals surface area contributed by atoms with Crippen LogP contribution in [0.25, 0.3) is 11.5 Å². The fraction of sp³-hybridized carbons (Fsp3) is 0.286. The Morgan fingerprint density at radius 3 is 3.24 bits per heavy atom. The van der Waals surface area contributed by atoms with Crippen LogP contribution < -0.4 is 0 Å². The molecule has 0 spiro atoms. The van der Waals surface area contributed by atoms with E-state index in [1.54, 1.807) is 18.0 Å². The minimum atomic E-state index is 0.532. The van der Waals surface area contributed by atoms with Crippen LogP contribution in [0.3, 0.4) is 0 Å². The molecule has 0 unspecified atom stereocenters. The van der Waals surface area contributed by atoms with Gasteiger partial charge in [0.15, 0.2) is 5.17 Å². The maximum atomic E-state index is 5.34. The van der Waals surface area contributed by atoms with E-state index < -0.39 is 0 Å². The highest BCUT2D eigenvalue weighted by Gasteiger charge is 2.26. The number of aliphatic imine (C=N–C) groups is 1. The number of hydrogen-bond donors (Lipinski definition) is 0. The van der Waals surface area contributed by atoms with E-state index in [1.807, 2.05) is 18.2 Å². The molecule has 0 fully saturated rings. The lowest BCUT2D eigenvalue weighted by atomic mass is 10.2. The van der Waals surface area contributed by atoms with E-state index in [9.17, 15) is 0 Å². The van der Waals surface area contributed by atoms with Crippen molar-refractivity contribution in [3.05, 3.63) is 41.4 Å². The van der Waals surface area contributed by atoms with Crippen molar-refractivity contribution >= 4 is 16.9 Å². The SMILES string of the molecule is C1=C(Cc2nc(-c3ccccn3)no2)N2CCCN=C2S1. The predicted octanol–water partition coefficient (Wildman–Crippen LogP) is 2.32. The Kier molecular flexibility index (Phi) is 3.19. The van der Waals surface area contributed by atoms with Gasteiger partial charge in [-0.25, -0.2) is 0 Å². The molecule has 0 saturated heterocycles. The van der Waals surface area contributed by atoms with Gasteiger partial charge in [-0.2, -0.15) is 4.98 Å². The summed E-state index contributed by atoms with van der Waals surface area (Å²) in [5.74, 6) is 1.14. The van der Waals surface area contributed by atoms with Crippen LogP contribution in [-0.2, 0) is 6.42 Å². The third kappa shape index (κ3) is 2.44. The zero-order chi connectivity index (χ0) is 14.1. The fourth-order valence-electron chi connectivity index (χ4n) is 2.35. The van der Waals surface area contributed by atoms with Gasteiger partial charge in [-0.3, -0.25) is 9.98 Å². The van der Waals surface area contributed by atoms with Gasteiger partial charge >= 0.3 is 0 Å². The molecule has 4 rings (SSSR count). The molecule has 0 bridgehead atoms. The van der Waals surface area contributed by atoms with Gasteiger partial charge in [-0.1, -0.05) is 23.0 Å². The Morgan fingerprint density at radius 1 is 1.33 bits per heavy atom. The summed E-state index contributed by atoms with van der Waals surface area (Å²) >= 11 is 1.67. The van der Waals surface area contributed by atoms with Crippen LogP contribution in [0.5, 0.6) is 0 Å². The van der Waals surface area contributed by atoms with Gasteiger partial charge < -0.3 is 9.42 Å². The minimum absolute atomic E-state index is 0.532. The average molecular weight is 299 g/mol. The number of hydrogen-bond acceptors (Lipinski definition) is 7. The monoisotopic (exact) mass is 299 g/mol. The molecule has 0 N–H and O–H groups in total. The van der Waals surface area contributed by atoms with Crippen LogP contribution in [0.4, 0.5) is 0 Å². The lowest BCUT2D eigenvalue weighted by Crippen LogP contribution is -2.30. The molecule has 0 radical (unpaired) electrons. The van der Waals surface area contributed by atoms with Crippen molar-refractivity contribution in [2.45, 2.75) is 12.8 Å². The van der Waals surface area contributed by atoms with Gasteiger partial charge in [0.05, 0.1) is 6.42 Å². The molecule has 6 nitrogen and oxygen atoms in total.